The molecule has 44 heavy (non-hydrogen) atoms. The lowest BCUT2D eigenvalue weighted by molar-refractivity contribution is 0.0481. The van der Waals surface area contributed by atoms with Gasteiger partial charge in [-0.05, 0) is 81.2 Å². The molecule has 0 bridgehead atoms. The number of methoxy groups -OCH3 is 2. The van der Waals surface area contributed by atoms with E-state index in [4.69, 9.17) is 18.9 Å². The van der Waals surface area contributed by atoms with Crippen LogP contribution in [0.25, 0.3) is 11.0 Å². The van der Waals surface area contributed by atoms with E-state index in [1.54, 1.807) is 46.6 Å². The van der Waals surface area contributed by atoms with Crippen molar-refractivity contribution in [3.8, 4) is 17.2 Å². The van der Waals surface area contributed by atoms with Gasteiger partial charge in [0.1, 0.15) is 34.1 Å². The summed E-state index contributed by atoms with van der Waals surface area (Å²) in [6, 6.07) is 9.00. The summed E-state index contributed by atoms with van der Waals surface area (Å²) in [5.74, 6) is 1.48. The van der Waals surface area contributed by atoms with Gasteiger partial charge in [-0.2, -0.15) is 0 Å². The van der Waals surface area contributed by atoms with Gasteiger partial charge in [-0.1, -0.05) is 0 Å². The Hall–Kier alpha value is -4.28. The lowest BCUT2D eigenvalue weighted by Gasteiger charge is -2.32. The molecule has 2 aliphatic rings. The van der Waals surface area contributed by atoms with Crippen LogP contribution in [0.4, 0.5) is 4.79 Å². The summed E-state index contributed by atoms with van der Waals surface area (Å²) >= 11 is 0. The van der Waals surface area contributed by atoms with Crippen molar-refractivity contribution in [2.75, 3.05) is 41.0 Å². The van der Waals surface area contributed by atoms with Crippen LogP contribution in [0.1, 0.15) is 61.4 Å². The van der Waals surface area contributed by atoms with E-state index in [1.165, 1.54) is 9.47 Å². The predicted octanol–water partition coefficient (Wildman–Crippen LogP) is 4.78. The van der Waals surface area contributed by atoms with Crippen LogP contribution < -0.4 is 19.8 Å². The van der Waals surface area contributed by atoms with Crippen molar-refractivity contribution >= 4 is 23.0 Å². The summed E-state index contributed by atoms with van der Waals surface area (Å²) in [7, 11) is 6.40. The normalized spacial score (nSPS) is 16.0. The quantitative estimate of drug-likeness (QED) is 0.287. The highest BCUT2D eigenvalue weighted by Gasteiger charge is 2.43. The number of amides is 2. The van der Waals surface area contributed by atoms with Crippen LogP contribution in [0.2, 0.25) is 0 Å². The van der Waals surface area contributed by atoms with Crippen molar-refractivity contribution < 1.29 is 28.5 Å². The highest BCUT2D eigenvalue weighted by Crippen LogP contribution is 2.39. The Labute approximate surface area is 257 Å². The number of pyridine rings is 2. The second-order valence-electron chi connectivity index (χ2n) is 12.1. The summed E-state index contributed by atoms with van der Waals surface area (Å²) in [5, 5.41) is 0.602. The number of carbonyl (C=O) groups excluding carboxylic acids is 2. The maximum absolute atomic E-state index is 13.9. The molecule has 11 heteroatoms. The molecule has 0 N–H and O–H groups in total. The van der Waals surface area contributed by atoms with E-state index in [0.29, 0.717) is 48.1 Å². The molecule has 11 nitrogen and oxygen atoms in total. The topological polar surface area (TPSA) is 112 Å². The van der Waals surface area contributed by atoms with Gasteiger partial charge in [0.05, 0.1) is 26.2 Å². The lowest BCUT2D eigenvalue weighted by atomic mass is 9.92. The van der Waals surface area contributed by atoms with E-state index in [-0.39, 0.29) is 29.6 Å². The van der Waals surface area contributed by atoms with Gasteiger partial charge >= 0.3 is 6.09 Å². The van der Waals surface area contributed by atoms with Gasteiger partial charge < -0.3 is 28.7 Å². The molecule has 1 aliphatic carbocycles. The Morgan fingerprint density at radius 1 is 1.09 bits per heavy atom. The van der Waals surface area contributed by atoms with Crippen molar-refractivity contribution in [2.24, 2.45) is 13.0 Å². The first-order valence-electron chi connectivity index (χ1n) is 15.2. The average molecular weight is 607 g/mol. The third-order valence-corrected chi connectivity index (χ3v) is 8.65. The smallest absolute Gasteiger partial charge is 0.410 e. The van der Waals surface area contributed by atoms with Crippen molar-refractivity contribution in [1.29, 1.82) is 0 Å². The molecule has 236 valence electrons. The standard InChI is InChI=1S/C33H42N4O7/c1-33(12-13-33)44-32(40)37-15-10-22(11-16-37)8-7-17-43-28-26-9-6-14-34-29(26)36(3)31(39)27(28)30(38)35(2)21-23-18-24(41-4)20-25(19-23)42-5/h6,9,14,18-20,22H,7-8,10-13,15-17,21H2,1-5H3. The predicted molar refractivity (Wildman–Crippen MR) is 165 cm³/mol. The molecule has 2 aromatic heterocycles. The van der Waals surface area contributed by atoms with Crippen molar-refractivity contribution in [3.63, 3.8) is 0 Å². The molecular formula is C33H42N4O7. The monoisotopic (exact) mass is 606 g/mol. The van der Waals surface area contributed by atoms with E-state index in [9.17, 15) is 14.4 Å². The fourth-order valence-electron chi connectivity index (χ4n) is 5.67. The molecule has 3 heterocycles. The molecule has 0 spiro atoms. The first-order chi connectivity index (χ1) is 21.1. The van der Waals surface area contributed by atoms with Crippen molar-refractivity contribution in [3.05, 3.63) is 58.0 Å². The lowest BCUT2D eigenvalue weighted by Crippen LogP contribution is -2.40. The van der Waals surface area contributed by atoms with E-state index >= 15 is 0 Å². The maximum Gasteiger partial charge on any atom is 0.410 e. The highest BCUT2D eigenvalue weighted by molar-refractivity contribution is 6.01. The zero-order chi connectivity index (χ0) is 31.4. The molecule has 0 atom stereocenters. The maximum atomic E-state index is 13.9. The van der Waals surface area contributed by atoms with Crippen molar-refractivity contribution in [2.45, 2.75) is 57.6 Å². The minimum absolute atomic E-state index is 0.0264. The van der Waals surface area contributed by atoms with Crippen molar-refractivity contribution in [1.82, 2.24) is 19.4 Å². The zero-order valence-electron chi connectivity index (χ0n) is 26.3. The first-order valence-corrected chi connectivity index (χ1v) is 15.2. The van der Waals surface area contributed by atoms with Gasteiger partial charge in [0.2, 0.25) is 0 Å². The third kappa shape index (κ3) is 6.92. The Bertz CT molecular complexity index is 1550. The summed E-state index contributed by atoms with van der Waals surface area (Å²) in [4.78, 5) is 47.6. The van der Waals surface area contributed by atoms with Crippen LogP contribution in [0, 0.1) is 5.92 Å². The second kappa shape index (κ2) is 13.2. The highest BCUT2D eigenvalue weighted by atomic mass is 16.6. The van der Waals surface area contributed by atoms with Gasteiger partial charge in [-0.3, -0.25) is 14.2 Å². The van der Waals surface area contributed by atoms with Gasteiger partial charge in [0.15, 0.2) is 0 Å². The Morgan fingerprint density at radius 2 is 1.77 bits per heavy atom. The van der Waals surface area contributed by atoms with Crippen LogP contribution in [-0.2, 0) is 18.3 Å². The number of hydrogen-bond acceptors (Lipinski definition) is 8. The van der Waals surface area contributed by atoms with Gasteiger partial charge in [-0.15, -0.1) is 0 Å². The molecule has 5 rings (SSSR count). The first kappa shape index (κ1) is 31.2. The fraction of sp³-hybridized carbons (Fsp3) is 0.515. The fourth-order valence-corrected chi connectivity index (χ4v) is 5.67. The third-order valence-electron chi connectivity index (χ3n) is 8.65. The molecule has 0 unspecified atom stereocenters. The van der Waals surface area contributed by atoms with E-state index in [2.05, 4.69) is 4.98 Å². The molecular weight excluding hydrogens is 564 g/mol. The van der Waals surface area contributed by atoms with Crippen LogP contribution in [0.15, 0.2) is 41.3 Å². The van der Waals surface area contributed by atoms with Gasteiger partial charge in [0, 0.05) is 46.0 Å². The number of rotatable bonds is 11. The average Bonchev–Trinajstić information content (AvgIpc) is 3.77. The number of aromatic nitrogens is 2. The second-order valence-corrected chi connectivity index (χ2v) is 12.1. The summed E-state index contributed by atoms with van der Waals surface area (Å²) in [5.41, 5.74) is 0.483. The molecule has 2 amide bonds. The Kier molecular flexibility index (Phi) is 9.31. The number of benzene rings is 1. The number of ether oxygens (including phenoxy) is 4. The number of carbonyl (C=O) groups is 2. The number of nitrogens with zero attached hydrogens (tertiary/aromatic N) is 4. The van der Waals surface area contributed by atoms with Crippen LogP contribution in [0.3, 0.4) is 0 Å². The summed E-state index contributed by atoms with van der Waals surface area (Å²) in [6.45, 7) is 3.93. The van der Waals surface area contributed by atoms with Crippen LogP contribution in [-0.4, -0.2) is 77.9 Å². The molecule has 1 aromatic carbocycles. The largest absolute Gasteiger partial charge is 0.497 e. The zero-order valence-corrected chi connectivity index (χ0v) is 26.3. The minimum atomic E-state index is -0.467. The molecule has 1 saturated heterocycles. The number of fused-ring (bicyclic) bond motifs is 1. The van der Waals surface area contributed by atoms with Crippen LogP contribution in [0.5, 0.6) is 17.2 Å². The summed E-state index contributed by atoms with van der Waals surface area (Å²) < 4.78 is 24.0. The Balaban J connectivity index is 1.27. The van der Waals surface area contributed by atoms with E-state index in [1.807, 2.05) is 30.0 Å². The SMILES string of the molecule is COc1cc(CN(C)C(=O)c2c(OCCCC3CCN(C(=O)OC4(C)CC4)CC3)c3cccnc3n(C)c2=O)cc(OC)c1. The molecule has 1 saturated carbocycles. The molecule has 1 aliphatic heterocycles. The van der Waals surface area contributed by atoms with Gasteiger partial charge in [0.25, 0.3) is 11.5 Å². The number of piperidine rings is 1. The molecule has 0 radical (unpaired) electrons. The minimum Gasteiger partial charge on any atom is -0.497 e. The van der Waals surface area contributed by atoms with Crippen LogP contribution >= 0.6 is 0 Å². The molecule has 3 aromatic rings. The number of aryl methyl sites for hydroxylation is 1. The van der Waals surface area contributed by atoms with E-state index < -0.39 is 11.5 Å². The van der Waals surface area contributed by atoms with E-state index in [0.717, 1.165) is 44.1 Å². The molecule has 2 fully saturated rings. The number of hydrogen-bond donors (Lipinski definition) is 0. The summed E-state index contributed by atoms with van der Waals surface area (Å²) in [6.07, 6.45) is 6.78. The number of likely N-dealkylation sites (tertiary alicyclic amines) is 1. The van der Waals surface area contributed by atoms with Gasteiger partial charge in [-0.25, -0.2) is 9.78 Å². The Morgan fingerprint density at radius 3 is 2.41 bits per heavy atom.